The first-order valence-corrected chi connectivity index (χ1v) is 6.74. The lowest BCUT2D eigenvalue weighted by Gasteiger charge is -2.16. The van der Waals surface area contributed by atoms with E-state index in [4.69, 9.17) is 15.2 Å². The van der Waals surface area contributed by atoms with E-state index in [2.05, 4.69) is 5.32 Å². The Morgan fingerprint density at radius 1 is 1.33 bits per heavy atom. The van der Waals surface area contributed by atoms with Crippen LogP contribution in [0.1, 0.15) is 11.1 Å². The number of benzene rings is 1. The van der Waals surface area contributed by atoms with Crippen molar-refractivity contribution in [2.45, 2.75) is 19.4 Å². The van der Waals surface area contributed by atoms with Gasteiger partial charge in [0.15, 0.2) is 0 Å². The standard InChI is InChI=1S/C15H22N2O4/c1-11-4-3-5-12(8-11)9-13(15(16)19)17-14(18)10-21-7-6-20-2/h3-5,8,13H,6-7,9-10H2,1-2H3,(H2,16,19)(H,17,18)/t13-/m1/s1. The number of ether oxygens (including phenoxy) is 2. The summed E-state index contributed by atoms with van der Waals surface area (Å²) in [5.74, 6) is -0.940. The summed E-state index contributed by atoms with van der Waals surface area (Å²) in [6, 6.07) is 6.97. The van der Waals surface area contributed by atoms with Crippen molar-refractivity contribution >= 4 is 11.8 Å². The van der Waals surface area contributed by atoms with Crippen LogP contribution in [0, 0.1) is 6.92 Å². The molecule has 6 heteroatoms. The van der Waals surface area contributed by atoms with Crippen molar-refractivity contribution in [1.29, 1.82) is 0 Å². The van der Waals surface area contributed by atoms with Gasteiger partial charge in [-0.3, -0.25) is 9.59 Å². The molecule has 3 N–H and O–H groups in total. The molecule has 1 aromatic rings. The summed E-state index contributed by atoms with van der Waals surface area (Å²) in [5, 5.41) is 2.58. The van der Waals surface area contributed by atoms with Crippen LogP contribution < -0.4 is 11.1 Å². The predicted octanol–water partition coefficient (Wildman–Crippen LogP) is 0.171. The summed E-state index contributed by atoms with van der Waals surface area (Å²) in [6.07, 6.45) is 0.362. The molecule has 0 aliphatic carbocycles. The first kappa shape index (κ1) is 17.1. The van der Waals surface area contributed by atoms with E-state index in [0.29, 0.717) is 19.6 Å². The third-order valence-electron chi connectivity index (χ3n) is 2.87. The predicted molar refractivity (Wildman–Crippen MR) is 78.7 cm³/mol. The van der Waals surface area contributed by atoms with Gasteiger partial charge in [-0.1, -0.05) is 29.8 Å². The monoisotopic (exact) mass is 294 g/mol. The maximum absolute atomic E-state index is 11.7. The van der Waals surface area contributed by atoms with Gasteiger partial charge in [0.1, 0.15) is 12.6 Å². The number of rotatable bonds is 9. The Bertz CT molecular complexity index is 476. The highest BCUT2D eigenvalue weighted by molar-refractivity contribution is 5.87. The molecule has 0 aliphatic rings. The van der Waals surface area contributed by atoms with Crippen molar-refractivity contribution in [3.63, 3.8) is 0 Å². The van der Waals surface area contributed by atoms with Crippen molar-refractivity contribution in [2.24, 2.45) is 5.73 Å². The van der Waals surface area contributed by atoms with Crippen LogP contribution in [0.3, 0.4) is 0 Å². The number of primary amides is 1. The van der Waals surface area contributed by atoms with E-state index in [1.165, 1.54) is 0 Å². The Balaban J connectivity index is 2.50. The molecule has 116 valence electrons. The summed E-state index contributed by atoms with van der Waals surface area (Å²) in [7, 11) is 1.55. The summed E-state index contributed by atoms with van der Waals surface area (Å²) in [6.45, 7) is 2.57. The van der Waals surface area contributed by atoms with Crippen molar-refractivity contribution in [1.82, 2.24) is 5.32 Å². The SMILES string of the molecule is COCCOCC(=O)N[C@H](Cc1cccc(C)c1)C(N)=O. The number of amides is 2. The molecule has 0 saturated carbocycles. The summed E-state index contributed by atoms with van der Waals surface area (Å²) in [4.78, 5) is 23.1. The fourth-order valence-electron chi connectivity index (χ4n) is 1.84. The van der Waals surface area contributed by atoms with Gasteiger partial charge in [0, 0.05) is 13.5 Å². The fraction of sp³-hybridized carbons (Fsp3) is 0.467. The number of carbonyl (C=O) groups is 2. The second-order valence-corrected chi connectivity index (χ2v) is 4.76. The number of carbonyl (C=O) groups excluding carboxylic acids is 2. The van der Waals surface area contributed by atoms with Gasteiger partial charge >= 0.3 is 0 Å². The van der Waals surface area contributed by atoms with Crippen LogP contribution in [-0.4, -0.2) is 44.8 Å². The van der Waals surface area contributed by atoms with Crippen LogP contribution in [-0.2, 0) is 25.5 Å². The van der Waals surface area contributed by atoms with Crippen LogP contribution in [0.2, 0.25) is 0 Å². The Morgan fingerprint density at radius 2 is 2.10 bits per heavy atom. The highest BCUT2D eigenvalue weighted by Gasteiger charge is 2.18. The van der Waals surface area contributed by atoms with Crippen LogP contribution in [0.5, 0.6) is 0 Å². The average Bonchev–Trinajstić information content (AvgIpc) is 2.43. The van der Waals surface area contributed by atoms with E-state index < -0.39 is 11.9 Å². The number of nitrogens with one attached hydrogen (secondary N) is 1. The molecule has 0 bridgehead atoms. The zero-order valence-corrected chi connectivity index (χ0v) is 12.4. The van der Waals surface area contributed by atoms with E-state index in [0.717, 1.165) is 11.1 Å². The maximum atomic E-state index is 11.7. The first-order valence-electron chi connectivity index (χ1n) is 6.74. The molecule has 0 unspecified atom stereocenters. The van der Waals surface area contributed by atoms with Crippen LogP contribution in [0.25, 0.3) is 0 Å². The van der Waals surface area contributed by atoms with Gasteiger partial charge in [-0.25, -0.2) is 0 Å². The van der Waals surface area contributed by atoms with Crippen molar-refractivity contribution in [2.75, 3.05) is 26.9 Å². The third-order valence-corrected chi connectivity index (χ3v) is 2.87. The maximum Gasteiger partial charge on any atom is 0.246 e. The second kappa shape index (κ2) is 9.10. The first-order chi connectivity index (χ1) is 10.0. The third kappa shape index (κ3) is 6.87. The minimum Gasteiger partial charge on any atom is -0.382 e. The minimum atomic E-state index is -0.745. The summed E-state index contributed by atoms with van der Waals surface area (Å²) >= 11 is 0. The Labute approximate surface area is 124 Å². The quantitative estimate of drug-likeness (QED) is 0.635. The van der Waals surface area contributed by atoms with Gasteiger partial charge in [0.05, 0.1) is 13.2 Å². The molecule has 0 radical (unpaired) electrons. The topological polar surface area (TPSA) is 90.7 Å². The van der Waals surface area contributed by atoms with Gasteiger partial charge in [0.25, 0.3) is 0 Å². The van der Waals surface area contributed by atoms with Crippen molar-refractivity contribution < 1.29 is 19.1 Å². The normalized spacial score (nSPS) is 11.9. The van der Waals surface area contributed by atoms with Crippen LogP contribution in [0.4, 0.5) is 0 Å². The Hall–Kier alpha value is -1.92. The van der Waals surface area contributed by atoms with Crippen LogP contribution >= 0.6 is 0 Å². The minimum absolute atomic E-state index is 0.124. The smallest absolute Gasteiger partial charge is 0.246 e. The zero-order valence-electron chi connectivity index (χ0n) is 12.4. The van der Waals surface area contributed by atoms with Gasteiger partial charge in [0.2, 0.25) is 11.8 Å². The van der Waals surface area contributed by atoms with Gasteiger partial charge < -0.3 is 20.5 Å². The van der Waals surface area contributed by atoms with Gasteiger partial charge in [-0.15, -0.1) is 0 Å². The molecule has 0 spiro atoms. The molecule has 2 amide bonds. The van der Waals surface area contributed by atoms with Crippen molar-refractivity contribution in [3.05, 3.63) is 35.4 Å². The second-order valence-electron chi connectivity index (χ2n) is 4.76. The van der Waals surface area contributed by atoms with Crippen LogP contribution in [0.15, 0.2) is 24.3 Å². The lowest BCUT2D eigenvalue weighted by molar-refractivity contribution is -0.130. The number of methoxy groups -OCH3 is 1. The highest BCUT2D eigenvalue weighted by Crippen LogP contribution is 2.07. The molecule has 21 heavy (non-hydrogen) atoms. The number of hydrogen-bond acceptors (Lipinski definition) is 4. The van der Waals surface area contributed by atoms with E-state index >= 15 is 0 Å². The van der Waals surface area contributed by atoms with Gasteiger partial charge in [-0.2, -0.15) is 0 Å². The molecule has 0 saturated heterocycles. The average molecular weight is 294 g/mol. The van der Waals surface area contributed by atoms with E-state index in [-0.39, 0.29) is 12.5 Å². The summed E-state index contributed by atoms with van der Waals surface area (Å²) < 4.78 is 9.90. The molecule has 0 heterocycles. The van der Waals surface area contributed by atoms with E-state index in [1.807, 2.05) is 31.2 Å². The Kier molecular flexibility index (Phi) is 7.42. The highest BCUT2D eigenvalue weighted by atomic mass is 16.5. The molecule has 6 nitrogen and oxygen atoms in total. The molecule has 0 aromatic heterocycles. The molecule has 0 aliphatic heterocycles. The molecule has 1 atom stereocenters. The lowest BCUT2D eigenvalue weighted by Crippen LogP contribution is -2.47. The molecular formula is C15H22N2O4. The Morgan fingerprint density at radius 3 is 2.71 bits per heavy atom. The fourth-order valence-corrected chi connectivity index (χ4v) is 1.84. The van der Waals surface area contributed by atoms with E-state index in [9.17, 15) is 9.59 Å². The van der Waals surface area contributed by atoms with E-state index in [1.54, 1.807) is 7.11 Å². The number of hydrogen-bond donors (Lipinski definition) is 2. The molecule has 0 fully saturated rings. The van der Waals surface area contributed by atoms with Crippen molar-refractivity contribution in [3.8, 4) is 0 Å². The lowest BCUT2D eigenvalue weighted by atomic mass is 10.0. The number of nitrogens with two attached hydrogens (primary N) is 1. The van der Waals surface area contributed by atoms with Gasteiger partial charge in [-0.05, 0) is 12.5 Å². The zero-order chi connectivity index (χ0) is 15.7. The number of aryl methyl sites for hydroxylation is 1. The molecule has 1 aromatic carbocycles. The molecule has 1 rings (SSSR count). The molecular weight excluding hydrogens is 272 g/mol. The largest absolute Gasteiger partial charge is 0.382 e. The summed E-state index contributed by atoms with van der Waals surface area (Å²) in [5.41, 5.74) is 7.36.